The Morgan fingerprint density at radius 3 is 2.69 bits per heavy atom. The van der Waals surface area contributed by atoms with Gasteiger partial charge in [0, 0.05) is 29.7 Å². The largest absolute Gasteiger partial charge is 0.493 e. The molecule has 2 atom stereocenters. The fourth-order valence-corrected chi connectivity index (χ4v) is 5.00. The summed E-state index contributed by atoms with van der Waals surface area (Å²) in [5.74, 6) is -0.0112. The molecule has 2 aliphatic heterocycles. The normalized spacial score (nSPS) is 20.1. The van der Waals surface area contributed by atoms with Crippen LogP contribution in [0.5, 0.6) is 11.5 Å². The minimum atomic E-state index is -0.849. The Bertz CT molecular complexity index is 1040. The highest BCUT2D eigenvalue weighted by Gasteiger charge is 2.38. The summed E-state index contributed by atoms with van der Waals surface area (Å²) in [7, 11) is 3.08. The van der Waals surface area contributed by atoms with Gasteiger partial charge in [-0.05, 0) is 37.1 Å². The van der Waals surface area contributed by atoms with Crippen LogP contribution in [0.2, 0.25) is 0 Å². The van der Waals surface area contributed by atoms with Gasteiger partial charge in [-0.25, -0.2) is 0 Å². The third-order valence-electron chi connectivity index (χ3n) is 5.61. The monoisotopic (exact) mass is 455 g/mol. The number of anilines is 2. The summed E-state index contributed by atoms with van der Waals surface area (Å²) < 4.78 is 10.5. The molecule has 32 heavy (non-hydrogen) atoms. The van der Waals surface area contributed by atoms with E-state index in [0.717, 1.165) is 10.6 Å². The van der Waals surface area contributed by atoms with Gasteiger partial charge in [-0.15, -0.1) is 11.8 Å². The van der Waals surface area contributed by atoms with Gasteiger partial charge in [0.25, 0.3) is 0 Å². The van der Waals surface area contributed by atoms with Gasteiger partial charge in [0.1, 0.15) is 0 Å². The minimum absolute atomic E-state index is 0.166. The SMILES string of the molecule is COc1ccc(NC(=O)[C@H]2CCCN(C(=O)[C@@H]3Sc4ccccc4NC3=O)C2)cc1OC. The van der Waals surface area contributed by atoms with E-state index in [2.05, 4.69) is 10.6 Å². The smallest absolute Gasteiger partial charge is 0.247 e. The lowest BCUT2D eigenvalue weighted by atomic mass is 9.96. The fourth-order valence-electron chi connectivity index (χ4n) is 3.93. The van der Waals surface area contributed by atoms with Crippen molar-refractivity contribution in [3.63, 3.8) is 0 Å². The highest BCUT2D eigenvalue weighted by Crippen LogP contribution is 2.36. The highest BCUT2D eigenvalue weighted by atomic mass is 32.2. The zero-order valence-electron chi connectivity index (χ0n) is 17.9. The molecular weight excluding hydrogens is 430 g/mol. The summed E-state index contributed by atoms with van der Waals surface area (Å²) in [6, 6.07) is 12.6. The van der Waals surface area contributed by atoms with E-state index >= 15 is 0 Å². The van der Waals surface area contributed by atoms with Crippen LogP contribution in [0.15, 0.2) is 47.4 Å². The number of nitrogens with zero attached hydrogens (tertiary/aromatic N) is 1. The van der Waals surface area contributed by atoms with E-state index in [9.17, 15) is 14.4 Å². The summed E-state index contributed by atoms with van der Waals surface area (Å²) in [6.45, 7) is 0.814. The number of likely N-dealkylation sites (tertiary alicyclic amines) is 1. The molecule has 2 aliphatic rings. The van der Waals surface area contributed by atoms with Crippen LogP contribution in [-0.2, 0) is 14.4 Å². The molecule has 0 unspecified atom stereocenters. The average Bonchev–Trinajstić information content (AvgIpc) is 2.83. The predicted molar refractivity (Wildman–Crippen MR) is 122 cm³/mol. The van der Waals surface area contributed by atoms with Gasteiger partial charge in [-0.3, -0.25) is 14.4 Å². The number of thioether (sulfide) groups is 1. The lowest BCUT2D eigenvalue weighted by Gasteiger charge is -2.35. The Kier molecular flexibility index (Phi) is 6.55. The summed E-state index contributed by atoms with van der Waals surface area (Å²) in [4.78, 5) is 41.1. The van der Waals surface area contributed by atoms with E-state index < -0.39 is 5.25 Å². The van der Waals surface area contributed by atoms with E-state index in [1.807, 2.05) is 24.3 Å². The third-order valence-corrected chi connectivity index (χ3v) is 6.87. The summed E-state index contributed by atoms with van der Waals surface area (Å²) in [5.41, 5.74) is 1.31. The van der Waals surface area contributed by atoms with Crippen molar-refractivity contribution < 1.29 is 23.9 Å². The Morgan fingerprint density at radius 2 is 1.91 bits per heavy atom. The molecule has 2 aromatic rings. The van der Waals surface area contributed by atoms with Crippen LogP contribution in [0.4, 0.5) is 11.4 Å². The van der Waals surface area contributed by atoms with Crippen molar-refractivity contribution in [1.82, 2.24) is 4.90 Å². The van der Waals surface area contributed by atoms with E-state index in [0.29, 0.717) is 36.6 Å². The summed E-state index contributed by atoms with van der Waals surface area (Å²) in [6.07, 6.45) is 1.38. The van der Waals surface area contributed by atoms with Crippen molar-refractivity contribution in [1.29, 1.82) is 0 Å². The Hall–Kier alpha value is -3.20. The van der Waals surface area contributed by atoms with Crippen LogP contribution >= 0.6 is 11.8 Å². The van der Waals surface area contributed by atoms with Crippen LogP contribution in [0.1, 0.15) is 12.8 Å². The number of piperidine rings is 1. The zero-order valence-corrected chi connectivity index (χ0v) is 18.7. The van der Waals surface area contributed by atoms with Gasteiger partial charge in [0.05, 0.1) is 25.8 Å². The van der Waals surface area contributed by atoms with Crippen molar-refractivity contribution in [2.45, 2.75) is 23.0 Å². The number of hydrogen-bond acceptors (Lipinski definition) is 6. The maximum absolute atomic E-state index is 13.1. The topological polar surface area (TPSA) is 97.0 Å². The fraction of sp³-hybridized carbons (Fsp3) is 0.348. The first-order valence-corrected chi connectivity index (χ1v) is 11.3. The predicted octanol–water partition coefficient (Wildman–Crippen LogP) is 2.99. The highest BCUT2D eigenvalue weighted by molar-refractivity contribution is 8.01. The molecule has 3 amide bonds. The number of ether oxygens (including phenoxy) is 2. The molecule has 0 saturated carbocycles. The second-order valence-corrected chi connectivity index (χ2v) is 8.81. The maximum atomic E-state index is 13.1. The quantitative estimate of drug-likeness (QED) is 0.673. The number of rotatable bonds is 5. The first kappa shape index (κ1) is 22.0. The molecule has 2 N–H and O–H groups in total. The molecular formula is C23H25N3O5S. The molecule has 8 nitrogen and oxygen atoms in total. The van der Waals surface area contributed by atoms with Crippen molar-refractivity contribution in [2.24, 2.45) is 5.92 Å². The number of carbonyl (C=O) groups is 3. The number of para-hydroxylation sites is 1. The van der Waals surface area contributed by atoms with Crippen LogP contribution in [0.3, 0.4) is 0 Å². The lowest BCUT2D eigenvalue weighted by Crippen LogP contribution is -2.50. The van der Waals surface area contributed by atoms with Gasteiger partial charge < -0.3 is 25.0 Å². The first-order valence-electron chi connectivity index (χ1n) is 10.4. The second kappa shape index (κ2) is 9.52. The van der Waals surface area contributed by atoms with E-state index in [1.54, 1.807) is 30.2 Å². The van der Waals surface area contributed by atoms with Crippen molar-refractivity contribution in [3.8, 4) is 11.5 Å². The maximum Gasteiger partial charge on any atom is 0.247 e. The second-order valence-electron chi connectivity index (χ2n) is 7.67. The first-order chi connectivity index (χ1) is 15.5. The molecule has 1 fully saturated rings. The third kappa shape index (κ3) is 4.52. The molecule has 0 spiro atoms. The van der Waals surface area contributed by atoms with E-state index in [4.69, 9.17) is 9.47 Å². The number of hydrogen-bond donors (Lipinski definition) is 2. The van der Waals surface area contributed by atoms with Crippen molar-refractivity contribution in [3.05, 3.63) is 42.5 Å². The molecule has 168 valence electrons. The Balaban J connectivity index is 1.41. The molecule has 0 aliphatic carbocycles. The molecule has 2 aromatic carbocycles. The number of amides is 3. The summed E-state index contributed by atoms with van der Waals surface area (Å²) in [5, 5.41) is 4.86. The minimum Gasteiger partial charge on any atom is -0.493 e. The van der Waals surface area contributed by atoms with Crippen molar-refractivity contribution in [2.75, 3.05) is 37.9 Å². The Labute approximate surface area is 190 Å². The molecule has 0 radical (unpaired) electrons. The van der Waals surface area contributed by atoms with Crippen molar-refractivity contribution >= 4 is 40.9 Å². The van der Waals surface area contributed by atoms with Crippen LogP contribution in [0.25, 0.3) is 0 Å². The van der Waals surface area contributed by atoms with Gasteiger partial charge in [0.2, 0.25) is 17.7 Å². The van der Waals surface area contributed by atoms with Gasteiger partial charge in [0.15, 0.2) is 16.7 Å². The van der Waals surface area contributed by atoms with Crippen LogP contribution in [0, 0.1) is 5.92 Å². The standard InChI is InChI=1S/C23H25N3O5S/c1-30-17-10-9-15(12-18(17)31-2)24-21(27)14-6-5-11-26(13-14)23(29)20-22(28)25-16-7-3-4-8-19(16)32-20/h3-4,7-10,12,14,20H,5-6,11,13H2,1-2H3,(H,24,27)(H,25,28)/t14-,20+/m0/s1. The van der Waals surface area contributed by atoms with Gasteiger partial charge >= 0.3 is 0 Å². The van der Waals surface area contributed by atoms with E-state index in [1.165, 1.54) is 18.9 Å². The van der Waals surface area contributed by atoms with E-state index in [-0.39, 0.29) is 30.2 Å². The summed E-state index contributed by atoms with van der Waals surface area (Å²) >= 11 is 1.26. The number of fused-ring (bicyclic) bond motifs is 1. The van der Waals surface area contributed by atoms with Gasteiger partial charge in [-0.1, -0.05) is 12.1 Å². The molecule has 4 rings (SSSR count). The number of nitrogens with one attached hydrogen (secondary N) is 2. The Morgan fingerprint density at radius 1 is 1.12 bits per heavy atom. The lowest BCUT2D eigenvalue weighted by molar-refractivity contribution is -0.136. The van der Waals surface area contributed by atoms with Gasteiger partial charge in [-0.2, -0.15) is 0 Å². The average molecular weight is 456 g/mol. The number of benzene rings is 2. The van der Waals surface area contributed by atoms with Crippen LogP contribution < -0.4 is 20.1 Å². The molecule has 2 heterocycles. The van der Waals surface area contributed by atoms with Crippen LogP contribution in [-0.4, -0.2) is 55.2 Å². The number of carbonyl (C=O) groups excluding carboxylic acids is 3. The number of methoxy groups -OCH3 is 2. The zero-order chi connectivity index (χ0) is 22.7. The molecule has 0 aromatic heterocycles. The molecule has 9 heteroatoms. The molecule has 0 bridgehead atoms. The molecule has 1 saturated heterocycles.